The van der Waals surface area contributed by atoms with Crippen molar-refractivity contribution in [1.29, 1.82) is 0 Å². The summed E-state index contributed by atoms with van der Waals surface area (Å²) in [5.41, 5.74) is 0.998. The van der Waals surface area contributed by atoms with Crippen LogP contribution in [-0.4, -0.2) is 38.2 Å². The molecule has 0 aliphatic rings. The van der Waals surface area contributed by atoms with Gasteiger partial charge in [0.25, 0.3) is 5.91 Å². The van der Waals surface area contributed by atoms with Gasteiger partial charge in [-0.1, -0.05) is 12.1 Å². The van der Waals surface area contributed by atoms with E-state index in [2.05, 4.69) is 20.7 Å². The fraction of sp³-hybridized carbons (Fsp3) is 0.286. The number of sulfonamides is 1. The summed E-state index contributed by atoms with van der Waals surface area (Å²) in [7, 11) is -3.99. The van der Waals surface area contributed by atoms with E-state index in [4.69, 9.17) is 0 Å². The average molecular weight is 447 g/mol. The number of amides is 3. The lowest BCUT2D eigenvalue weighted by atomic mass is 10.1. The molecule has 2 aromatic rings. The standard InChI is InChI=1S/C21H26N4O5S/c1-13(2)22-21(28)18-7-5-6-8-19(18)24-20(27)14(3)25-31(29,30)17-11-9-16(10-12-17)23-15(4)26/h5-14,25H,1-4H3,(H,22,28)(H,23,26)(H,24,27)/t14-/m0/s1. The van der Waals surface area contributed by atoms with Crippen LogP contribution < -0.4 is 20.7 Å². The Kier molecular flexibility index (Phi) is 7.89. The highest BCUT2D eigenvalue weighted by Crippen LogP contribution is 2.17. The lowest BCUT2D eigenvalue weighted by Crippen LogP contribution is -2.42. The zero-order chi connectivity index (χ0) is 23.2. The van der Waals surface area contributed by atoms with Gasteiger partial charge in [0.1, 0.15) is 0 Å². The summed E-state index contributed by atoms with van der Waals surface area (Å²) >= 11 is 0. The zero-order valence-electron chi connectivity index (χ0n) is 17.7. The van der Waals surface area contributed by atoms with Gasteiger partial charge in [0.2, 0.25) is 21.8 Å². The summed E-state index contributed by atoms with van der Waals surface area (Å²) in [6.45, 7) is 6.38. The van der Waals surface area contributed by atoms with Gasteiger partial charge in [-0.2, -0.15) is 4.72 Å². The van der Waals surface area contributed by atoms with Crippen LogP contribution in [0, 0.1) is 0 Å². The summed E-state index contributed by atoms with van der Waals surface area (Å²) in [4.78, 5) is 35.9. The van der Waals surface area contributed by atoms with Crippen LogP contribution in [0.5, 0.6) is 0 Å². The van der Waals surface area contributed by atoms with Crippen LogP contribution in [0.2, 0.25) is 0 Å². The van der Waals surface area contributed by atoms with Gasteiger partial charge in [-0.15, -0.1) is 0 Å². The van der Waals surface area contributed by atoms with Crippen molar-refractivity contribution in [3.63, 3.8) is 0 Å². The molecule has 2 rings (SSSR count). The Morgan fingerprint density at radius 2 is 1.48 bits per heavy atom. The third-order valence-corrected chi connectivity index (χ3v) is 5.62. The van der Waals surface area contributed by atoms with Crippen molar-refractivity contribution in [2.75, 3.05) is 10.6 Å². The van der Waals surface area contributed by atoms with Crippen molar-refractivity contribution in [1.82, 2.24) is 10.0 Å². The highest BCUT2D eigenvalue weighted by atomic mass is 32.2. The van der Waals surface area contributed by atoms with Gasteiger partial charge in [-0.25, -0.2) is 8.42 Å². The number of anilines is 2. The third-order valence-electron chi connectivity index (χ3n) is 4.06. The Morgan fingerprint density at radius 1 is 0.871 bits per heavy atom. The van der Waals surface area contributed by atoms with Gasteiger partial charge in [-0.3, -0.25) is 14.4 Å². The minimum Gasteiger partial charge on any atom is -0.350 e. The molecule has 0 heterocycles. The summed E-state index contributed by atoms with van der Waals surface area (Å²) in [5, 5.41) is 7.89. The summed E-state index contributed by atoms with van der Waals surface area (Å²) in [6, 6.07) is 10.8. The molecule has 0 spiro atoms. The molecule has 0 saturated heterocycles. The fourth-order valence-corrected chi connectivity index (χ4v) is 3.85. The second-order valence-corrected chi connectivity index (χ2v) is 8.93. The lowest BCUT2D eigenvalue weighted by Gasteiger charge is -2.17. The number of nitrogens with one attached hydrogen (secondary N) is 4. The van der Waals surface area contributed by atoms with Gasteiger partial charge in [0.15, 0.2) is 0 Å². The van der Waals surface area contributed by atoms with E-state index in [-0.39, 0.29) is 34.0 Å². The van der Waals surface area contributed by atoms with Crippen LogP contribution >= 0.6 is 0 Å². The van der Waals surface area contributed by atoms with Gasteiger partial charge in [0.05, 0.1) is 22.2 Å². The maximum Gasteiger partial charge on any atom is 0.253 e. The van der Waals surface area contributed by atoms with Crippen molar-refractivity contribution in [3.8, 4) is 0 Å². The van der Waals surface area contributed by atoms with E-state index in [1.807, 2.05) is 13.8 Å². The fourth-order valence-electron chi connectivity index (χ4n) is 2.65. The Bertz CT molecular complexity index is 1070. The molecule has 166 valence electrons. The number of hydrogen-bond donors (Lipinski definition) is 4. The molecule has 0 aromatic heterocycles. The second-order valence-electron chi connectivity index (χ2n) is 7.21. The van der Waals surface area contributed by atoms with Crippen LogP contribution in [0.4, 0.5) is 11.4 Å². The van der Waals surface area contributed by atoms with Gasteiger partial charge < -0.3 is 16.0 Å². The number of carbonyl (C=O) groups excluding carboxylic acids is 3. The first-order valence-electron chi connectivity index (χ1n) is 9.60. The van der Waals surface area contributed by atoms with E-state index in [0.717, 1.165) is 0 Å². The zero-order valence-corrected chi connectivity index (χ0v) is 18.5. The Morgan fingerprint density at radius 3 is 2.06 bits per heavy atom. The normalized spacial score (nSPS) is 12.2. The van der Waals surface area contributed by atoms with E-state index in [9.17, 15) is 22.8 Å². The molecule has 0 aliphatic heterocycles. The van der Waals surface area contributed by atoms with Crippen molar-refractivity contribution in [2.45, 2.75) is 44.7 Å². The molecular formula is C21H26N4O5S. The van der Waals surface area contributed by atoms with Gasteiger partial charge in [-0.05, 0) is 57.2 Å². The SMILES string of the molecule is CC(=O)Nc1ccc(S(=O)(=O)N[C@@H](C)C(=O)Nc2ccccc2C(=O)NC(C)C)cc1. The van der Waals surface area contributed by atoms with Crippen molar-refractivity contribution in [3.05, 3.63) is 54.1 Å². The summed E-state index contributed by atoms with van der Waals surface area (Å²) in [6.07, 6.45) is 0. The summed E-state index contributed by atoms with van der Waals surface area (Å²) < 4.78 is 27.5. The third kappa shape index (κ3) is 6.90. The molecule has 1 atom stereocenters. The van der Waals surface area contributed by atoms with Gasteiger partial charge in [0, 0.05) is 18.7 Å². The molecule has 0 unspecified atom stereocenters. The van der Waals surface area contributed by atoms with E-state index >= 15 is 0 Å². The minimum atomic E-state index is -3.99. The van der Waals surface area contributed by atoms with E-state index in [1.54, 1.807) is 24.3 Å². The molecule has 2 aromatic carbocycles. The van der Waals surface area contributed by atoms with Crippen LogP contribution in [0.15, 0.2) is 53.4 Å². The highest BCUT2D eigenvalue weighted by Gasteiger charge is 2.23. The number of carbonyl (C=O) groups is 3. The molecule has 0 saturated carbocycles. The number of para-hydroxylation sites is 1. The van der Waals surface area contributed by atoms with E-state index in [0.29, 0.717) is 5.69 Å². The monoisotopic (exact) mass is 446 g/mol. The molecule has 0 fully saturated rings. The number of hydrogen-bond acceptors (Lipinski definition) is 5. The van der Waals surface area contributed by atoms with E-state index in [1.165, 1.54) is 38.1 Å². The maximum atomic E-state index is 12.6. The average Bonchev–Trinajstić information content (AvgIpc) is 2.67. The van der Waals surface area contributed by atoms with Crippen molar-refractivity contribution < 1.29 is 22.8 Å². The van der Waals surface area contributed by atoms with Crippen molar-refractivity contribution >= 4 is 39.1 Å². The maximum absolute atomic E-state index is 12.6. The van der Waals surface area contributed by atoms with Gasteiger partial charge >= 0.3 is 0 Å². The molecule has 10 heteroatoms. The predicted octanol–water partition coefficient (Wildman–Crippen LogP) is 2.09. The topological polar surface area (TPSA) is 133 Å². The lowest BCUT2D eigenvalue weighted by molar-refractivity contribution is -0.117. The van der Waals surface area contributed by atoms with Crippen molar-refractivity contribution in [2.24, 2.45) is 0 Å². The predicted molar refractivity (Wildman–Crippen MR) is 118 cm³/mol. The Hall–Kier alpha value is -3.24. The highest BCUT2D eigenvalue weighted by molar-refractivity contribution is 7.89. The quantitative estimate of drug-likeness (QED) is 0.493. The Labute approximate surface area is 181 Å². The molecule has 0 bridgehead atoms. The second kappa shape index (κ2) is 10.2. The molecule has 4 N–H and O–H groups in total. The molecule has 31 heavy (non-hydrogen) atoms. The first-order valence-corrected chi connectivity index (χ1v) is 11.1. The van der Waals surface area contributed by atoms with Crippen LogP contribution in [0.25, 0.3) is 0 Å². The molecular weight excluding hydrogens is 420 g/mol. The van der Waals surface area contributed by atoms with Crippen LogP contribution in [-0.2, 0) is 19.6 Å². The number of benzene rings is 2. The minimum absolute atomic E-state index is 0.0574. The number of rotatable bonds is 8. The van der Waals surface area contributed by atoms with E-state index < -0.39 is 22.0 Å². The molecule has 9 nitrogen and oxygen atoms in total. The van der Waals surface area contributed by atoms with Crippen LogP contribution in [0.3, 0.4) is 0 Å². The first-order chi connectivity index (χ1) is 14.5. The largest absolute Gasteiger partial charge is 0.350 e. The summed E-state index contributed by atoms with van der Waals surface area (Å²) in [5.74, 6) is -1.25. The smallest absolute Gasteiger partial charge is 0.253 e. The molecule has 0 radical (unpaired) electrons. The molecule has 3 amide bonds. The molecule has 0 aliphatic carbocycles. The van der Waals surface area contributed by atoms with Crippen LogP contribution in [0.1, 0.15) is 38.1 Å². The first kappa shape index (κ1) is 24.0. The Balaban J connectivity index is 2.10.